The van der Waals surface area contributed by atoms with Crippen LogP contribution in [0.5, 0.6) is 40.2 Å². The number of carbonyl (C=O) groups is 4. The van der Waals surface area contributed by atoms with E-state index in [-0.39, 0.29) is 52.5 Å². The van der Waals surface area contributed by atoms with Crippen LogP contribution in [0.3, 0.4) is 0 Å². The number of alkyl carbamates (subject to hydrolysis) is 1. The lowest BCUT2D eigenvalue weighted by Crippen LogP contribution is -2.54. The molecule has 0 saturated heterocycles. The van der Waals surface area contributed by atoms with Crippen LogP contribution in [0.2, 0.25) is 23.2 Å². The number of nitrogens with two attached hydrogens (primary N) is 1. The van der Waals surface area contributed by atoms with Crippen LogP contribution in [0.4, 0.5) is 4.79 Å². The molecular formula is C53H71ClN4O16Si. The van der Waals surface area contributed by atoms with Gasteiger partial charge in [-0.2, -0.15) is 0 Å². The molecule has 6 N–H and O–H groups in total. The van der Waals surface area contributed by atoms with Crippen molar-refractivity contribution in [3.8, 4) is 51.4 Å². The van der Waals surface area contributed by atoms with Crippen molar-refractivity contribution in [2.24, 2.45) is 5.73 Å². The minimum Gasteiger partial charge on any atom is -0.504 e. The zero-order valence-electron chi connectivity index (χ0n) is 45.0. The van der Waals surface area contributed by atoms with Crippen molar-refractivity contribution in [1.82, 2.24) is 16.0 Å². The number of nitrogens with one attached hydrogen (secondary N) is 3. The first-order valence-corrected chi connectivity index (χ1v) is 27.2. The van der Waals surface area contributed by atoms with E-state index in [2.05, 4.69) is 16.0 Å². The van der Waals surface area contributed by atoms with Gasteiger partial charge in [0.05, 0.1) is 66.4 Å². The number of fused-ring (bicyclic) bond motifs is 9. The van der Waals surface area contributed by atoms with Crippen molar-refractivity contribution in [3.05, 3.63) is 87.9 Å². The van der Waals surface area contributed by atoms with E-state index in [1.165, 1.54) is 65.9 Å². The average Bonchev–Trinajstić information content (AvgIpc) is 3.35. The lowest BCUT2D eigenvalue weighted by atomic mass is 9.90. The topological polar surface area (TPSA) is 252 Å². The summed E-state index contributed by atoms with van der Waals surface area (Å²) in [5, 5.41) is 19.3. The maximum absolute atomic E-state index is 15.5. The lowest BCUT2D eigenvalue weighted by molar-refractivity contribution is -0.148. The molecule has 5 atom stereocenters. The van der Waals surface area contributed by atoms with E-state index in [1.807, 2.05) is 33.9 Å². The van der Waals surface area contributed by atoms with Crippen molar-refractivity contribution in [2.75, 3.05) is 69.3 Å². The second-order valence-corrected chi connectivity index (χ2v) is 25.1. The SMILES string of the molecule is COCCOCOC[C@@H](N)c1cc(OC)cc(OC)c1-c1cc([C@H]2NC(=O)[C@H](NC(=O)OC(C)(C)C)c3cc(O)c(OC)c(c3)Oc3ccc(cc3Cl)[C@@H](O[Si](C)(C)C(C)(C)C)[C@@H](C(=O)OC)NC2=O)ccc1OC. The van der Waals surface area contributed by atoms with Gasteiger partial charge in [-0.1, -0.05) is 44.5 Å². The highest BCUT2D eigenvalue weighted by Crippen LogP contribution is 2.47. The highest BCUT2D eigenvalue weighted by atomic mass is 35.5. The summed E-state index contributed by atoms with van der Waals surface area (Å²) in [4.78, 5) is 58.7. The second-order valence-electron chi connectivity index (χ2n) is 19.9. The van der Waals surface area contributed by atoms with Crippen LogP contribution in [-0.2, 0) is 42.5 Å². The Morgan fingerprint density at radius 1 is 0.800 bits per heavy atom. The number of rotatable bonds is 18. The number of phenols is 1. The number of carbonyl (C=O) groups excluding carboxylic acids is 4. The summed E-state index contributed by atoms with van der Waals surface area (Å²) in [6.45, 7) is 15.4. The molecular weight excluding hydrogens is 1010 g/mol. The molecule has 4 bridgehead atoms. The molecule has 2 aliphatic rings. The summed E-state index contributed by atoms with van der Waals surface area (Å²) in [6, 6.07) is 9.46. The van der Waals surface area contributed by atoms with Crippen LogP contribution in [0.25, 0.3) is 11.1 Å². The molecule has 0 aliphatic carbocycles. The van der Waals surface area contributed by atoms with Crippen molar-refractivity contribution in [1.29, 1.82) is 0 Å². The van der Waals surface area contributed by atoms with E-state index in [9.17, 15) is 14.7 Å². The molecule has 0 spiro atoms. The molecule has 75 heavy (non-hydrogen) atoms. The van der Waals surface area contributed by atoms with Crippen LogP contribution in [0.15, 0.2) is 60.7 Å². The number of ether oxygens (including phenoxy) is 10. The summed E-state index contributed by atoms with van der Waals surface area (Å²) < 4.78 is 63.7. The third kappa shape index (κ3) is 14.7. The summed E-state index contributed by atoms with van der Waals surface area (Å²) in [5.41, 5.74) is 7.53. The number of methoxy groups -OCH3 is 6. The second kappa shape index (κ2) is 25.5. The minimum atomic E-state index is -2.85. The Morgan fingerprint density at radius 3 is 2.09 bits per heavy atom. The van der Waals surface area contributed by atoms with E-state index >= 15 is 9.59 Å². The fraction of sp³-hybridized carbons (Fsp3) is 0.472. The van der Waals surface area contributed by atoms with Gasteiger partial charge in [0.15, 0.2) is 25.9 Å². The number of amides is 3. The fourth-order valence-electron chi connectivity index (χ4n) is 7.74. The maximum atomic E-state index is 15.5. The third-order valence-corrected chi connectivity index (χ3v) is 17.3. The van der Waals surface area contributed by atoms with Crippen molar-refractivity contribution in [3.63, 3.8) is 0 Å². The Balaban J connectivity index is 1.83. The first-order valence-electron chi connectivity index (χ1n) is 23.9. The predicted molar refractivity (Wildman–Crippen MR) is 281 cm³/mol. The van der Waals surface area contributed by atoms with Gasteiger partial charge < -0.3 is 78.6 Å². The first-order chi connectivity index (χ1) is 35.3. The fourth-order valence-corrected chi connectivity index (χ4v) is 9.23. The van der Waals surface area contributed by atoms with Gasteiger partial charge in [-0.3, -0.25) is 9.59 Å². The van der Waals surface area contributed by atoms with Crippen LogP contribution in [-0.4, -0.2) is 118 Å². The Hall–Kier alpha value is -6.33. The van der Waals surface area contributed by atoms with E-state index in [1.54, 1.807) is 58.2 Å². The zero-order valence-corrected chi connectivity index (χ0v) is 46.8. The third-order valence-electron chi connectivity index (χ3n) is 12.5. The number of phenolic OH excluding ortho intramolecular Hbond substituents is 1. The molecule has 4 aromatic carbocycles. The molecule has 410 valence electrons. The maximum Gasteiger partial charge on any atom is 0.408 e. The van der Waals surface area contributed by atoms with E-state index in [0.717, 1.165) is 0 Å². The number of hydrogen-bond acceptors (Lipinski definition) is 17. The van der Waals surface area contributed by atoms with E-state index in [0.29, 0.717) is 47.0 Å². The molecule has 2 aliphatic heterocycles. The molecule has 0 unspecified atom stereocenters. The molecule has 0 saturated carbocycles. The molecule has 3 amide bonds. The van der Waals surface area contributed by atoms with Crippen molar-refractivity contribution < 1.29 is 76.1 Å². The Kier molecular flexibility index (Phi) is 20.2. The smallest absolute Gasteiger partial charge is 0.408 e. The van der Waals surface area contributed by atoms with Gasteiger partial charge in [-0.15, -0.1) is 0 Å². The van der Waals surface area contributed by atoms with Crippen LogP contribution >= 0.6 is 11.6 Å². The molecule has 4 aromatic rings. The normalized spacial score (nSPS) is 17.7. The molecule has 0 radical (unpaired) electrons. The Morgan fingerprint density at radius 2 is 1.49 bits per heavy atom. The van der Waals surface area contributed by atoms with Gasteiger partial charge in [0.1, 0.15) is 53.6 Å². The van der Waals surface area contributed by atoms with Gasteiger partial charge in [-0.05, 0) is 104 Å². The van der Waals surface area contributed by atoms with Crippen LogP contribution in [0.1, 0.15) is 88.0 Å². The van der Waals surface area contributed by atoms with Crippen LogP contribution in [0, 0.1) is 0 Å². The van der Waals surface area contributed by atoms with E-state index in [4.69, 9.17) is 69.1 Å². The number of hydrogen-bond donors (Lipinski definition) is 5. The Bertz CT molecular complexity index is 2670. The van der Waals surface area contributed by atoms with Crippen molar-refractivity contribution in [2.45, 2.75) is 95.5 Å². The zero-order chi connectivity index (χ0) is 55.6. The molecule has 20 nitrogen and oxygen atoms in total. The number of benzene rings is 4. The van der Waals surface area contributed by atoms with Gasteiger partial charge in [0.25, 0.3) is 0 Å². The summed E-state index contributed by atoms with van der Waals surface area (Å²) in [7, 11) is 5.57. The standard InChI is InChI=1S/C53H71ClN4O16Si/c1-52(2,3)73-51(63)58-44-31-23-37(59)47(68-11)41(24-31)72-39-18-16-30(22-35(39)54)46(74-75(13,14)53(4,5)6)45(50(62)69-12)57-48(60)43(56-49(44)61)29-15-17-38(66-9)34(21-29)42-33(25-32(65-8)26-40(42)67-10)36(55)27-71-28-70-20-19-64-7/h15-18,21-26,36,43-46,59H,19-20,27-28,55H2,1-14H3,(H,56,61)(H,57,60)(H,58,63)/t36-,43-,44-,45+,46-/m1/s1. The number of aromatic hydroxyl groups is 1. The van der Waals surface area contributed by atoms with Gasteiger partial charge in [0.2, 0.25) is 17.6 Å². The minimum absolute atomic E-state index is 0.0277. The van der Waals surface area contributed by atoms with Gasteiger partial charge in [0, 0.05) is 24.3 Å². The first kappa shape index (κ1) is 59.5. The van der Waals surface area contributed by atoms with Crippen LogP contribution < -0.4 is 45.4 Å². The number of halogens is 1. The van der Waals surface area contributed by atoms with E-state index < -0.39 is 78.9 Å². The van der Waals surface area contributed by atoms with Gasteiger partial charge >= 0.3 is 12.1 Å². The highest BCUT2D eigenvalue weighted by Gasteiger charge is 2.45. The summed E-state index contributed by atoms with van der Waals surface area (Å²) in [6.07, 6.45) is -2.27. The van der Waals surface area contributed by atoms with Gasteiger partial charge in [-0.25, -0.2) is 9.59 Å². The molecule has 6 rings (SSSR count). The monoisotopic (exact) mass is 1080 g/mol. The quantitative estimate of drug-likeness (QED) is 0.0272. The number of esters is 1. The lowest BCUT2D eigenvalue weighted by Gasteiger charge is -2.41. The summed E-state index contributed by atoms with van der Waals surface area (Å²) in [5.74, 6) is -2.48. The summed E-state index contributed by atoms with van der Waals surface area (Å²) >= 11 is 6.98. The average molecular weight is 1080 g/mol. The largest absolute Gasteiger partial charge is 0.504 e. The highest BCUT2D eigenvalue weighted by molar-refractivity contribution is 6.74. The molecule has 0 fully saturated rings. The molecule has 22 heteroatoms. The molecule has 0 aromatic heterocycles. The molecule has 2 heterocycles. The van der Waals surface area contributed by atoms with Crippen molar-refractivity contribution >= 4 is 43.8 Å². The Labute approximate surface area is 444 Å². The predicted octanol–water partition coefficient (Wildman–Crippen LogP) is 8.33.